The third kappa shape index (κ3) is 5.07. The minimum Gasteiger partial charge on any atom is -0.350 e. The maximum absolute atomic E-state index is 11.9. The fraction of sp³-hybridized carbons (Fsp3) is 0.800. The van der Waals surface area contributed by atoms with Gasteiger partial charge < -0.3 is 21.3 Å². The van der Waals surface area contributed by atoms with Crippen LogP contribution in [-0.4, -0.2) is 53.8 Å². The van der Waals surface area contributed by atoms with Gasteiger partial charge in [-0.05, 0) is 18.3 Å². The summed E-state index contributed by atoms with van der Waals surface area (Å²) in [7, 11) is 0. The van der Waals surface area contributed by atoms with Crippen LogP contribution < -0.4 is 16.4 Å². The number of rotatable bonds is 6. The number of nitrogens with one attached hydrogen (secondary N) is 2. The van der Waals surface area contributed by atoms with Crippen LogP contribution in [0.1, 0.15) is 33.6 Å². The number of hydrogen-bond acceptors (Lipinski definition) is 4. The van der Waals surface area contributed by atoms with Crippen molar-refractivity contribution < 1.29 is 14.4 Å². The number of halogens is 1. The smallest absolute Gasteiger partial charge is 0.239 e. The molecule has 1 aliphatic carbocycles. The Morgan fingerprint density at radius 3 is 2.52 bits per heavy atom. The zero-order valence-corrected chi connectivity index (χ0v) is 14.7. The third-order valence-corrected chi connectivity index (χ3v) is 4.44. The van der Waals surface area contributed by atoms with Crippen LogP contribution in [0.25, 0.3) is 0 Å². The monoisotopic (exact) mass is 346 g/mol. The normalized spacial score (nSPS) is 27.4. The molecular formula is C15H27ClN4O3. The van der Waals surface area contributed by atoms with Crippen molar-refractivity contribution in [1.82, 2.24) is 15.5 Å². The van der Waals surface area contributed by atoms with Crippen molar-refractivity contribution in [1.29, 1.82) is 0 Å². The molecule has 2 fully saturated rings. The molecular weight excluding hydrogens is 320 g/mol. The second kappa shape index (κ2) is 7.97. The molecule has 2 rings (SSSR count). The highest BCUT2D eigenvalue weighted by molar-refractivity contribution is 5.88. The third-order valence-electron chi connectivity index (χ3n) is 4.44. The molecule has 0 radical (unpaired) electrons. The molecule has 2 aliphatic rings. The van der Waals surface area contributed by atoms with E-state index in [1.54, 1.807) is 0 Å². The first-order chi connectivity index (χ1) is 10.3. The fourth-order valence-corrected chi connectivity index (χ4v) is 2.75. The Morgan fingerprint density at radius 2 is 2.00 bits per heavy atom. The van der Waals surface area contributed by atoms with Crippen molar-refractivity contribution >= 4 is 30.1 Å². The highest BCUT2D eigenvalue weighted by Crippen LogP contribution is 2.37. The molecule has 0 bridgehead atoms. The molecule has 1 heterocycles. The summed E-state index contributed by atoms with van der Waals surface area (Å²) in [4.78, 5) is 37.3. The van der Waals surface area contributed by atoms with Gasteiger partial charge in [0, 0.05) is 19.0 Å². The maximum atomic E-state index is 11.9. The minimum absolute atomic E-state index is 0. The van der Waals surface area contributed by atoms with E-state index in [2.05, 4.69) is 17.6 Å². The number of hydrogen-bond donors (Lipinski definition) is 3. The second-order valence-electron chi connectivity index (χ2n) is 6.78. The van der Waals surface area contributed by atoms with Crippen LogP contribution >= 0.6 is 12.4 Å². The number of likely N-dealkylation sites (tertiary alicyclic amines) is 1. The van der Waals surface area contributed by atoms with E-state index in [9.17, 15) is 14.4 Å². The summed E-state index contributed by atoms with van der Waals surface area (Å²) in [5.41, 5.74) is 5.70. The van der Waals surface area contributed by atoms with E-state index in [0.717, 1.165) is 6.42 Å². The predicted molar refractivity (Wildman–Crippen MR) is 88.9 cm³/mol. The zero-order valence-electron chi connectivity index (χ0n) is 13.9. The molecule has 1 saturated carbocycles. The van der Waals surface area contributed by atoms with Gasteiger partial charge in [0.1, 0.15) is 0 Å². The fourth-order valence-electron chi connectivity index (χ4n) is 2.75. The van der Waals surface area contributed by atoms with Gasteiger partial charge in [-0.2, -0.15) is 0 Å². The van der Waals surface area contributed by atoms with Gasteiger partial charge in [0.2, 0.25) is 17.7 Å². The highest BCUT2D eigenvalue weighted by atomic mass is 35.5. The molecule has 3 unspecified atom stereocenters. The summed E-state index contributed by atoms with van der Waals surface area (Å²) in [6.07, 6.45) is 1.39. The molecule has 23 heavy (non-hydrogen) atoms. The van der Waals surface area contributed by atoms with Crippen LogP contribution in [0.15, 0.2) is 0 Å². The van der Waals surface area contributed by atoms with Crippen LogP contribution in [0.5, 0.6) is 0 Å². The Morgan fingerprint density at radius 1 is 1.39 bits per heavy atom. The van der Waals surface area contributed by atoms with Gasteiger partial charge in [-0.1, -0.05) is 20.8 Å². The Labute approximate surface area is 143 Å². The summed E-state index contributed by atoms with van der Waals surface area (Å²) in [5, 5.41) is 5.33. The Bertz CT molecular complexity index is 472. The van der Waals surface area contributed by atoms with Gasteiger partial charge in [0.15, 0.2) is 0 Å². The highest BCUT2D eigenvalue weighted by Gasteiger charge is 2.44. The number of nitrogens with zero attached hydrogens (tertiary/aromatic N) is 1. The number of carbonyl (C=O) groups is 3. The van der Waals surface area contributed by atoms with Gasteiger partial charge >= 0.3 is 0 Å². The van der Waals surface area contributed by atoms with Gasteiger partial charge in [-0.15, -0.1) is 12.4 Å². The first-order valence-corrected chi connectivity index (χ1v) is 7.91. The van der Waals surface area contributed by atoms with E-state index in [0.29, 0.717) is 24.9 Å². The lowest BCUT2D eigenvalue weighted by atomic mass is 10.1. The summed E-state index contributed by atoms with van der Waals surface area (Å²) >= 11 is 0. The predicted octanol–water partition coefficient (Wildman–Crippen LogP) is -0.367. The minimum atomic E-state index is -0.618. The summed E-state index contributed by atoms with van der Waals surface area (Å²) < 4.78 is 0. The Hall–Kier alpha value is -1.34. The van der Waals surface area contributed by atoms with Crippen LogP contribution in [0.4, 0.5) is 0 Å². The van der Waals surface area contributed by atoms with Crippen molar-refractivity contribution in [3.05, 3.63) is 0 Å². The van der Waals surface area contributed by atoms with Crippen LogP contribution in [0, 0.1) is 11.8 Å². The lowest BCUT2D eigenvalue weighted by molar-refractivity contribution is -0.128. The Balaban J connectivity index is 0.00000264. The van der Waals surface area contributed by atoms with E-state index in [4.69, 9.17) is 5.73 Å². The molecule has 0 aromatic heterocycles. The van der Waals surface area contributed by atoms with Crippen molar-refractivity contribution in [2.24, 2.45) is 17.6 Å². The van der Waals surface area contributed by atoms with E-state index >= 15 is 0 Å². The number of carbonyl (C=O) groups excluding carboxylic acids is 3. The SMILES string of the molecule is CC1CC1N1CC(NC(=O)CNC(=O)[C@@H](N)C(C)C)CC1=O.Cl. The van der Waals surface area contributed by atoms with Crippen molar-refractivity contribution in [3.8, 4) is 0 Å². The molecule has 0 aromatic carbocycles. The molecule has 3 amide bonds. The lowest BCUT2D eigenvalue weighted by Crippen LogP contribution is -2.48. The second-order valence-corrected chi connectivity index (χ2v) is 6.78. The molecule has 1 aliphatic heterocycles. The van der Waals surface area contributed by atoms with Crippen LogP contribution in [0.2, 0.25) is 0 Å². The molecule has 8 heteroatoms. The standard InChI is InChI=1S/C15H26N4O3.ClH/c1-8(2)14(16)15(22)17-6-12(20)18-10-5-13(21)19(7-10)11-4-9(11)3;/h8-11,14H,4-7,16H2,1-3H3,(H,17,22)(H,18,20);1H/t9?,10?,11?,14-;/m0./s1. The van der Waals surface area contributed by atoms with Crippen LogP contribution in [0.3, 0.4) is 0 Å². The van der Waals surface area contributed by atoms with Crippen molar-refractivity contribution in [3.63, 3.8) is 0 Å². The first-order valence-electron chi connectivity index (χ1n) is 7.91. The summed E-state index contributed by atoms with van der Waals surface area (Å²) in [6.45, 7) is 6.28. The molecule has 0 aromatic rings. The van der Waals surface area contributed by atoms with Crippen LogP contribution in [-0.2, 0) is 14.4 Å². The summed E-state index contributed by atoms with van der Waals surface area (Å²) in [5.74, 6) is 0.0687. The van der Waals surface area contributed by atoms with E-state index in [1.165, 1.54) is 0 Å². The molecule has 1 saturated heterocycles. The molecule has 4 N–H and O–H groups in total. The quantitative estimate of drug-likeness (QED) is 0.610. The Kier molecular flexibility index (Phi) is 6.83. The van der Waals surface area contributed by atoms with E-state index in [-0.39, 0.29) is 48.6 Å². The average Bonchev–Trinajstić information content (AvgIpc) is 3.06. The zero-order chi connectivity index (χ0) is 16.4. The van der Waals surface area contributed by atoms with Gasteiger partial charge in [0.05, 0.1) is 18.6 Å². The molecule has 4 atom stereocenters. The topological polar surface area (TPSA) is 105 Å². The van der Waals surface area contributed by atoms with Gasteiger partial charge in [-0.3, -0.25) is 14.4 Å². The van der Waals surface area contributed by atoms with Gasteiger partial charge in [0.25, 0.3) is 0 Å². The summed E-state index contributed by atoms with van der Waals surface area (Å²) in [6, 6.07) is -0.436. The lowest BCUT2D eigenvalue weighted by Gasteiger charge is -2.18. The average molecular weight is 347 g/mol. The number of nitrogens with two attached hydrogens (primary N) is 1. The first kappa shape index (κ1) is 19.7. The molecule has 7 nitrogen and oxygen atoms in total. The van der Waals surface area contributed by atoms with E-state index in [1.807, 2.05) is 18.7 Å². The molecule has 132 valence electrons. The number of amides is 3. The largest absolute Gasteiger partial charge is 0.350 e. The van der Waals surface area contributed by atoms with E-state index < -0.39 is 6.04 Å². The molecule has 0 spiro atoms. The maximum Gasteiger partial charge on any atom is 0.239 e. The van der Waals surface area contributed by atoms with Crippen molar-refractivity contribution in [2.45, 2.75) is 51.7 Å². The van der Waals surface area contributed by atoms with Crippen molar-refractivity contribution in [2.75, 3.05) is 13.1 Å². The van der Waals surface area contributed by atoms with Gasteiger partial charge in [-0.25, -0.2) is 0 Å².